The number of hydrogen-bond donors (Lipinski definition) is 0. The number of halogens is 3. The number of amides is 1. The van der Waals surface area contributed by atoms with Crippen LogP contribution in [0.1, 0.15) is 64.5 Å². The average molecular weight is 588 g/mol. The zero-order chi connectivity index (χ0) is 29.3. The molecule has 8 nitrogen and oxygen atoms in total. The van der Waals surface area contributed by atoms with Gasteiger partial charge in [0.05, 0.1) is 29.1 Å². The number of thiocarbonyl (C=S) groups is 1. The number of unbranched alkanes of at least 4 members (excludes halogenated alkanes) is 3. The molecule has 2 atom stereocenters. The highest BCUT2D eigenvalue weighted by atomic mass is 32.2. The Hall–Kier alpha value is -2.27. The molecule has 2 saturated heterocycles. The van der Waals surface area contributed by atoms with Gasteiger partial charge >= 0.3 is 6.18 Å². The van der Waals surface area contributed by atoms with Crippen LogP contribution in [-0.4, -0.2) is 83.6 Å². The summed E-state index contributed by atoms with van der Waals surface area (Å²) >= 11 is 5.55. The molecule has 2 heterocycles. The minimum Gasteiger partial charge on any atom is -0.334 e. The second-order valence-electron chi connectivity index (χ2n) is 10.9. The number of sulfonamides is 1. The first kappa shape index (κ1) is 31.3. The number of rotatable bonds is 9. The molecule has 1 aromatic rings. The highest BCUT2D eigenvalue weighted by molar-refractivity contribution is 7.88. The Kier molecular flexibility index (Phi) is 9.37. The van der Waals surface area contributed by atoms with Gasteiger partial charge in [-0.05, 0) is 77.5 Å². The molecule has 0 saturated carbocycles. The molecule has 0 spiro atoms. The maximum atomic E-state index is 13.5. The SMILES string of the molecule is C[C@@H]1CN(S(C)(=O)=O)C[C@H](C)N1CCCCCCN1C(=S)N(c2ccc(C#N)c(C(F)(F)F)c2)C(=O)C1(C)C. The number of nitrogens with zero attached hydrogens (tertiary/aromatic N) is 5. The first-order valence-electron chi connectivity index (χ1n) is 13.0. The van der Waals surface area contributed by atoms with Gasteiger partial charge in [-0.15, -0.1) is 0 Å². The lowest BCUT2D eigenvalue weighted by molar-refractivity contribution is -0.137. The van der Waals surface area contributed by atoms with Gasteiger partial charge < -0.3 is 4.90 Å². The molecule has 0 radical (unpaired) electrons. The predicted octanol–water partition coefficient (Wildman–Crippen LogP) is 4.20. The van der Waals surface area contributed by atoms with E-state index in [-0.39, 0.29) is 22.9 Å². The van der Waals surface area contributed by atoms with Gasteiger partial charge in [0, 0.05) is 31.7 Å². The second-order valence-corrected chi connectivity index (χ2v) is 13.3. The lowest BCUT2D eigenvalue weighted by atomic mass is 10.0. The van der Waals surface area contributed by atoms with Crippen LogP contribution >= 0.6 is 12.2 Å². The third-order valence-electron chi connectivity index (χ3n) is 7.60. The number of benzene rings is 1. The second kappa shape index (κ2) is 11.7. The van der Waals surface area contributed by atoms with Gasteiger partial charge in [-0.25, -0.2) is 8.42 Å². The Bertz CT molecular complexity index is 1230. The lowest BCUT2D eigenvalue weighted by Gasteiger charge is -2.43. The van der Waals surface area contributed by atoms with Gasteiger partial charge in [0.25, 0.3) is 5.91 Å². The molecule has 13 heteroatoms. The topological polar surface area (TPSA) is 88.0 Å². The summed E-state index contributed by atoms with van der Waals surface area (Å²) in [6.07, 6.45) is 0.0141. The molecular weight excluding hydrogens is 551 g/mol. The number of anilines is 1. The van der Waals surface area contributed by atoms with Crippen LogP contribution < -0.4 is 4.90 Å². The Labute approximate surface area is 234 Å². The molecule has 39 heavy (non-hydrogen) atoms. The Morgan fingerprint density at radius 1 is 1.08 bits per heavy atom. The third-order valence-corrected chi connectivity index (χ3v) is 9.23. The average Bonchev–Trinajstić information content (AvgIpc) is 2.99. The third kappa shape index (κ3) is 6.73. The number of piperazine rings is 1. The van der Waals surface area contributed by atoms with E-state index in [1.807, 2.05) is 13.8 Å². The molecule has 0 bridgehead atoms. The van der Waals surface area contributed by atoms with Crippen LogP contribution in [0, 0.1) is 11.3 Å². The number of carbonyl (C=O) groups is 1. The number of nitriles is 1. The Balaban J connectivity index is 1.56. The summed E-state index contributed by atoms with van der Waals surface area (Å²) in [5.41, 5.74) is -2.64. The summed E-state index contributed by atoms with van der Waals surface area (Å²) < 4.78 is 65.8. The quantitative estimate of drug-likeness (QED) is 0.316. The zero-order valence-electron chi connectivity index (χ0n) is 23.0. The van der Waals surface area contributed by atoms with Crippen molar-refractivity contribution in [3.8, 4) is 6.07 Å². The van der Waals surface area contributed by atoms with Gasteiger partial charge in [-0.1, -0.05) is 12.8 Å². The van der Waals surface area contributed by atoms with Crippen molar-refractivity contribution in [2.24, 2.45) is 0 Å². The normalized spacial score (nSPS) is 22.9. The number of hydrogen-bond acceptors (Lipinski definition) is 6. The molecule has 1 amide bonds. The van der Waals surface area contributed by atoms with Crippen molar-refractivity contribution in [3.63, 3.8) is 0 Å². The van der Waals surface area contributed by atoms with Gasteiger partial charge in [0.1, 0.15) is 5.54 Å². The van der Waals surface area contributed by atoms with E-state index in [0.29, 0.717) is 19.6 Å². The van der Waals surface area contributed by atoms with E-state index in [2.05, 4.69) is 4.90 Å². The van der Waals surface area contributed by atoms with Crippen molar-refractivity contribution in [1.82, 2.24) is 14.1 Å². The first-order valence-corrected chi connectivity index (χ1v) is 15.2. The van der Waals surface area contributed by atoms with Crippen LogP contribution in [-0.2, 0) is 21.0 Å². The zero-order valence-corrected chi connectivity index (χ0v) is 24.6. The summed E-state index contributed by atoms with van der Waals surface area (Å²) in [6.45, 7) is 9.80. The molecule has 0 unspecified atom stereocenters. The van der Waals surface area contributed by atoms with Crippen LogP contribution in [0.3, 0.4) is 0 Å². The molecule has 0 aliphatic carbocycles. The van der Waals surface area contributed by atoms with E-state index in [0.717, 1.165) is 49.3 Å². The molecule has 0 N–H and O–H groups in total. The summed E-state index contributed by atoms with van der Waals surface area (Å²) in [7, 11) is -3.21. The van der Waals surface area contributed by atoms with Crippen LogP contribution in [0.25, 0.3) is 0 Å². The maximum absolute atomic E-state index is 13.5. The standard InChI is InChI=1S/C26H36F3N5O3S2/c1-18-16-31(39(5,36)37)17-19(2)32(18)12-8-6-7-9-13-33-24(38)34(23(35)25(33,3)4)21-11-10-20(15-30)22(14-21)26(27,28)29/h10-11,14,18-19H,6-9,12-13,16-17H2,1-5H3/t18-,19+. The van der Waals surface area contributed by atoms with E-state index >= 15 is 0 Å². The van der Waals surface area contributed by atoms with Crippen molar-refractivity contribution in [2.75, 3.05) is 37.3 Å². The van der Waals surface area contributed by atoms with E-state index in [1.165, 1.54) is 16.6 Å². The van der Waals surface area contributed by atoms with E-state index in [4.69, 9.17) is 17.5 Å². The van der Waals surface area contributed by atoms with Gasteiger partial charge in [-0.3, -0.25) is 14.6 Å². The van der Waals surface area contributed by atoms with Crippen molar-refractivity contribution < 1.29 is 26.4 Å². The van der Waals surface area contributed by atoms with Crippen LogP contribution in [0.2, 0.25) is 0 Å². The fraction of sp³-hybridized carbons (Fsp3) is 0.654. The van der Waals surface area contributed by atoms with E-state index in [9.17, 15) is 26.4 Å². The van der Waals surface area contributed by atoms with E-state index < -0.39 is 38.8 Å². The summed E-state index contributed by atoms with van der Waals surface area (Å²) in [4.78, 5) is 18.4. The highest BCUT2D eigenvalue weighted by Crippen LogP contribution is 2.38. The number of alkyl halides is 3. The minimum absolute atomic E-state index is 0.00823. The first-order chi connectivity index (χ1) is 18.0. The van der Waals surface area contributed by atoms with E-state index in [1.54, 1.807) is 24.8 Å². The van der Waals surface area contributed by atoms with Crippen LogP contribution in [0.5, 0.6) is 0 Å². The lowest BCUT2D eigenvalue weighted by Crippen LogP contribution is -2.57. The maximum Gasteiger partial charge on any atom is 0.417 e. The molecule has 2 fully saturated rings. The summed E-state index contributed by atoms with van der Waals surface area (Å²) in [5.74, 6) is -0.415. The summed E-state index contributed by atoms with van der Waals surface area (Å²) in [5, 5.41) is 9.22. The monoisotopic (exact) mass is 587 g/mol. The molecular formula is C26H36F3N5O3S2. The smallest absolute Gasteiger partial charge is 0.334 e. The largest absolute Gasteiger partial charge is 0.417 e. The fourth-order valence-electron chi connectivity index (χ4n) is 5.38. The molecule has 2 aliphatic heterocycles. The molecule has 0 aromatic heterocycles. The minimum atomic E-state index is -4.74. The van der Waals surface area contributed by atoms with Crippen molar-refractivity contribution in [2.45, 2.75) is 77.2 Å². The van der Waals surface area contributed by atoms with Crippen molar-refractivity contribution in [3.05, 3.63) is 29.3 Å². The van der Waals surface area contributed by atoms with Gasteiger partial charge in [0.15, 0.2) is 5.11 Å². The molecule has 1 aromatic carbocycles. The predicted molar refractivity (Wildman–Crippen MR) is 148 cm³/mol. The Morgan fingerprint density at radius 2 is 1.64 bits per heavy atom. The Morgan fingerprint density at radius 3 is 2.15 bits per heavy atom. The number of carbonyl (C=O) groups excluding carboxylic acids is 1. The van der Waals surface area contributed by atoms with Gasteiger partial charge in [-0.2, -0.15) is 22.7 Å². The van der Waals surface area contributed by atoms with Crippen LogP contribution in [0.15, 0.2) is 18.2 Å². The fourth-order valence-corrected chi connectivity index (χ4v) is 6.86. The van der Waals surface area contributed by atoms with Gasteiger partial charge in [0.2, 0.25) is 10.0 Å². The molecule has 3 rings (SSSR count). The molecule has 216 valence electrons. The highest BCUT2D eigenvalue weighted by Gasteiger charge is 2.49. The molecule has 2 aliphatic rings. The summed E-state index contributed by atoms with van der Waals surface area (Å²) in [6, 6.07) is 4.99. The van der Waals surface area contributed by atoms with Crippen LogP contribution in [0.4, 0.5) is 18.9 Å². The van der Waals surface area contributed by atoms with Crippen molar-refractivity contribution >= 4 is 38.9 Å². The van der Waals surface area contributed by atoms with Crippen molar-refractivity contribution in [1.29, 1.82) is 5.26 Å².